The number of ether oxygens (including phenoxy) is 1. The van der Waals surface area contributed by atoms with Gasteiger partial charge in [-0.1, -0.05) is 24.3 Å². The van der Waals surface area contributed by atoms with Gasteiger partial charge in [-0.3, -0.25) is 0 Å². The molecule has 0 aliphatic heterocycles. The Kier molecular flexibility index (Phi) is 2.77. The SMILES string of the molecule is COc1c(N)cccc1-c1cccc(F)c1. The third-order valence-electron chi connectivity index (χ3n) is 2.39. The summed E-state index contributed by atoms with van der Waals surface area (Å²) in [5.41, 5.74) is 7.88. The standard InChI is InChI=1S/C13H12FNO/c1-16-13-11(6-3-7-12(13)15)9-4-2-5-10(14)8-9/h2-8H,15H2,1H3. The highest BCUT2D eigenvalue weighted by molar-refractivity contribution is 5.77. The van der Waals surface area contributed by atoms with Crippen molar-refractivity contribution in [2.24, 2.45) is 0 Å². The molecule has 0 aromatic heterocycles. The third kappa shape index (κ3) is 1.84. The Hall–Kier alpha value is -2.03. The predicted molar refractivity (Wildman–Crippen MR) is 62.8 cm³/mol. The Labute approximate surface area is 93.5 Å². The van der Waals surface area contributed by atoms with E-state index in [-0.39, 0.29) is 5.82 Å². The molecule has 2 aromatic carbocycles. The lowest BCUT2D eigenvalue weighted by Gasteiger charge is -2.10. The van der Waals surface area contributed by atoms with Crippen LogP contribution in [0.2, 0.25) is 0 Å². The summed E-state index contributed by atoms with van der Waals surface area (Å²) < 4.78 is 18.3. The van der Waals surface area contributed by atoms with Gasteiger partial charge in [-0.15, -0.1) is 0 Å². The number of methoxy groups -OCH3 is 1. The van der Waals surface area contributed by atoms with Gasteiger partial charge in [-0.25, -0.2) is 4.39 Å². The summed E-state index contributed by atoms with van der Waals surface area (Å²) in [4.78, 5) is 0. The van der Waals surface area contributed by atoms with Gasteiger partial charge in [-0.2, -0.15) is 0 Å². The summed E-state index contributed by atoms with van der Waals surface area (Å²) in [5.74, 6) is 0.301. The first-order chi connectivity index (χ1) is 7.72. The first-order valence-corrected chi connectivity index (χ1v) is 4.91. The molecule has 0 aliphatic rings. The van der Waals surface area contributed by atoms with E-state index in [0.29, 0.717) is 11.4 Å². The lowest BCUT2D eigenvalue weighted by molar-refractivity contribution is 0.418. The van der Waals surface area contributed by atoms with Crippen LogP contribution in [0.3, 0.4) is 0 Å². The van der Waals surface area contributed by atoms with E-state index in [4.69, 9.17) is 10.5 Å². The fourth-order valence-corrected chi connectivity index (χ4v) is 1.67. The summed E-state index contributed by atoms with van der Waals surface area (Å²) in [7, 11) is 1.55. The zero-order valence-corrected chi connectivity index (χ0v) is 8.91. The number of rotatable bonds is 2. The van der Waals surface area contributed by atoms with Crippen LogP contribution in [0, 0.1) is 5.82 Å². The number of nitrogen functional groups attached to an aromatic ring is 1. The van der Waals surface area contributed by atoms with E-state index in [2.05, 4.69) is 0 Å². The van der Waals surface area contributed by atoms with Crippen molar-refractivity contribution in [3.05, 3.63) is 48.3 Å². The second-order valence-corrected chi connectivity index (χ2v) is 3.44. The smallest absolute Gasteiger partial charge is 0.149 e. The molecule has 2 nitrogen and oxygen atoms in total. The van der Waals surface area contributed by atoms with Gasteiger partial charge in [0.15, 0.2) is 0 Å². The minimum absolute atomic E-state index is 0.276. The molecule has 16 heavy (non-hydrogen) atoms. The zero-order chi connectivity index (χ0) is 11.5. The average molecular weight is 217 g/mol. The van der Waals surface area contributed by atoms with Crippen LogP contribution < -0.4 is 10.5 Å². The third-order valence-corrected chi connectivity index (χ3v) is 2.39. The van der Waals surface area contributed by atoms with Gasteiger partial charge in [0.05, 0.1) is 12.8 Å². The fourth-order valence-electron chi connectivity index (χ4n) is 1.67. The molecule has 82 valence electrons. The Morgan fingerprint density at radius 1 is 1.12 bits per heavy atom. The van der Waals surface area contributed by atoms with Crippen LogP contribution in [-0.4, -0.2) is 7.11 Å². The normalized spacial score (nSPS) is 10.1. The Morgan fingerprint density at radius 2 is 1.88 bits per heavy atom. The van der Waals surface area contributed by atoms with Crippen molar-refractivity contribution in [2.45, 2.75) is 0 Å². The molecule has 0 fully saturated rings. The molecule has 3 heteroatoms. The lowest BCUT2D eigenvalue weighted by atomic mass is 10.0. The highest BCUT2D eigenvalue weighted by atomic mass is 19.1. The van der Waals surface area contributed by atoms with E-state index in [9.17, 15) is 4.39 Å². The molecule has 0 saturated carbocycles. The van der Waals surface area contributed by atoms with Crippen molar-refractivity contribution in [1.82, 2.24) is 0 Å². The first kappa shape index (κ1) is 10.5. The van der Waals surface area contributed by atoms with Gasteiger partial charge < -0.3 is 10.5 Å². The van der Waals surface area contributed by atoms with Crippen molar-refractivity contribution in [1.29, 1.82) is 0 Å². The van der Waals surface area contributed by atoms with Gasteiger partial charge >= 0.3 is 0 Å². The molecule has 0 radical (unpaired) electrons. The maximum atomic E-state index is 13.1. The van der Waals surface area contributed by atoms with Gasteiger partial charge in [0, 0.05) is 5.56 Å². The topological polar surface area (TPSA) is 35.2 Å². The quantitative estimate of drug-likeness (QED) is 0.784. The van der Waals surface area contributed by atoms with Crippen LogP contribution in [0.5, 0.6) is 5.75 Å². The molecule has 0 saturated heterocycles. The van der Waals surface area contributed by atoms with Crippen LogP contribution in [0.1, 0.15) is 0 Å². The number of para-hydroxylation sites is 1. The number of benzene rings is 2. The molecular formula is C13H12FNO. The molecule has 0 amide bonds. The van der Waals surface area contributed by atoms with E-state index >= 15 is 0 Å². The highest BCUT2D eigenvalue weighted by Crippen LogP contribution is 2.34. The fraction of sp³-hybridized carbons (Fsp3) is 0.0769. The summed E-state index contributed by atoms with van der Waals surface area (Å²) >= 11 is 0. The van der Waals surface area contributed by atoms with Crippen LogP contribution in [0.25, 0.3) is 11.1 Å². The van der Waals surface area contributed by atoms with Gasteiger partial charge in [0.25, 0.3) is 0 Å². The molecule has 0 bridgehead atoms. The average Bonchev–Trinajstić information content (AvgIpc) is 2.28. The largest absolute Gasteiger partial charge is 0.494 e. The Balaban J connectivity index is 2.60. The van der Waals surface area contributed by atoms with Gasteiger partial charge in [0.1, 0.15) is 11.6 Å². The van der Waals surface area contributed by atoms with Gasteiger partial charge in [-0.05, 0) is 23.8 Å². The molecule has 2 N–H and O–H groups in total. The zero-order valence-electron chi connectivity index (χ0n) is 8.91. The molecule has 2 rings (SSSR count). The Bertz CT molecular complexity index is 511. The minimum Gasteiger partial charge on any atom is -0.494 e. The van der Waals surface area contributed by atoms with Crippen molar-refractivity contribution >= 4 is 5.69 Å². The minimum atomic E-state index is -0.276. The summed E-state index contributed by atoms with van der Waals surface area (Å²) in [6.07, 6.45) is 0. The van der Waals surface area contributed by atoms with Crippen LogP contribution in [0.4, 0.5) is 10.1 Å². The molecule has 0 spiro atoms. The molecule has 0 heterocycles. The summed E-state index contributed by atoms with van der Waals surface area (Å²) in [5, 5.41) is 0. The first-order valence-electron chi connectivity index (χ1n) is 4.91. The number of halogens is 1. The molecular weight excluding hydrogens is 205 g/mol. The summed E-state index contributed by atoms with van der Waals surface area (Å²) in [6.45, 7) is 0. The van der Waals surface area contributed by atoms with E-state index < -0.39 is 0 Å². The Morgan fingerprint density at radius 3 is 2.56 bits per heavy atom. The van der Waals surface area contributed by atoms with Crippen molar-refractivity contribution in [3.63, 3.8) is 0 Å². The van der Waals surface area contributed by atoms with E-state index in [1.807, 2.05) is 18.2 Å². The van der Waals surface area contributed by atoms with Crippen molar-refractivity contribution in [3.8, 4) is 16.9 Å². The molecule has 0 aliphatic carbocycles. The number of anilines is 1. The second kappa shape index (κ2) is 4.23. The van der Waals surface area contributed by atoms with E-state index in [1.165, 1.54) is 12.1 Å². The highest BCUT2D eigenvalue weighted by Gasteiger charge is 2.08. The molecule has 0 atom stereocenters. The van der Waals surface area contributed by atoms with Gasteiger partial charge in [0.2, 0.25) is 0 Å². The lowest BCUT2D eigenvalue weighted by Crippen LogP contribution is -1.94. The van der Waals surface area contributed by atoms with Crippen LogP contribution in [-0.2, 0) is 0 Å². The maximum absolute atomic E-state index is 13.1. The van der Waals surface area contributed by atoms with Crippen LogP contribution in [0.15, 0.2) is 42.5 Å². The number of hydrogen-bond donors (Lipinski definition) is 1. The monoisotopic (exact) mass is 217 g/mol. The number of hydrogen-bond acceptors (Lipinski definition) is 2. The number of nitrogens with two attached hydrogens (primary N) is 1. The van der Waals surface area contributed by atoms with E-state index in [0.717, 1.165) is 11.1 Å². The molecule has 0 unspecified atom stereocenters. The van der Waals surface area contributed by atoms with Crippen molar-refractivity contribution < 1.29 is 9.13 Å². The van der Waals surface area contributed by atoms with Crippen molar-refractivity contribution in [2.75, 3.05) is 12.8 Å². The summed E-state index contributed by atoms with van der Waals surface area (Å²) in [6, 6.07) is 11.8. The molecule has 2 aromatic rings. The maximum Gasteiger partial charge on any atom is 0.149 e. The van der Waals surface area contributed by atoms with Crippen LogP contribution >= 0.6 is 0 Å². The second-order valence-electron chi connectivity index (χ2n) is 3.44. The van der Waals surface area contributed by atoms with E-state index in [1.54, 1.807) is 19.2 Å². The predicted octanol–water partition coefficient (Wildman–Crippen LogP) is 3.08.